The fourth-order valence-corrected chi connectivity index (χ4v) is 6.37. The fourth-order valence-electron chi connectivity index (χ4n) is 6.37. The minimum atomic E-state index is -4.19. The number of rotatable bonds is 10. The molecule has 0 saturated carbocycles. The molecular weight excluding hydrogens is 556 g/mol. The van der Waals surface area contributed by atoms with Gasteiger partial charge >= 0.3 is 11.9 Å². The van der Waals surface area contributed by atoms with Crippen LogP contribution in [0.2, 0.25) is 0 Å². The SMILES string of the molecule is CC1(C)CN(c2cccc(C(NC(=O)C3CCCN(CCCc4ccc5c(n4)NCCC5)C3)C(F)(F)C(=O)O)c2)CCO1. The summed E-state index contributed by atoms with van der Waals surface area (Å²) in [6.07, 6.45) is 5.17. The molecule has 4 heterocycles. The van der Waals surface area contributed by atoms with Crippen molar-refractivity contribution in [3.8, 4) is 0 Å². The zero-order valence-electron chi connectivity index (χ0n) is 25.1. The maximum Gasteiger partial charge on any atom is 0.377 e. The number of hydrogen-bond acceptors (Lipinski definition) is 7. The number of carboxylic acid groups (broad SMARTS) is 1. The molecule has 3 aliphatic heterocycles. The van der Waals surface area contributed by atoms with Crippen LogP contribution in [-0.4, -0.2) is 84.3 Å². The lowest BCUT2D eigenvalue weighted by Crippen LogP contribution is -2.50. The van der Waals surface area contributed by atoms with Crippen LogP contribution in [-0.2, 0) is 27.2 Å². The van der Waals surface area contributed by atoms with Crippen LogP contribution in [0.3, 0.4) is 0 Å². The van der Waals surface area contributed by atoms with Gasteiger partial charge in [-0.05, 0) is 94.8 Å². The van der Waals surface area contributed by atoms with Crippen molar-refractivity contribution in [2.45, 2.75) is 69.9 Å². The van der Waals surface area contributed by atoms with E-state index in [1.54, 1.807) is 18.2 Å². The highest BCUT2D eigenvalue weighted by Gasteiger charge is 2.50. The van der Waals surface area contributed by atoms with E-state index in [9.17, 15) is 14.7 Å². The largest absolute Gasteiger partial charge is 0.477 e. The first kappa shape index (κ1) is 31.1. The standard InChI is InChI=1S/C32H43F2N5O4/c1-31(2)21-39(17-18-43-31)26-11-3-7-23(19-26)27(32(33,34)30(41)42)37-29(40)24-9-5-15-38(20-24)16-6-10-25-13-12-22-8-4-14-35-28(22)36-25/h3,7,11-13,19,24,27H,4-6,8-10,14-18,20-21H2,1-2H3,(H,35,36)(H,37,40)(H,41,42). The second-order valence-electron chi connectivity index (χ2n) is 12.6. The van der Waals surface area contributed by atoms with Gasteiger partial charge in [-0.25, -0.2) is 9.78 Å². The number of aromatic nitrogens is 1. The quantitative estimate of drug-likeness (QED) is 0.372. The summed E-state index contributed by atoms with van der Waals surface area (Å²) in [5.74, 6) is -6.53. The zero-order valence-corrected chi connectivity index (χ0v) is 25.1. The Morgan fingerprint density at radius 1 is 1.23 bits per heavy atom. The van der Waals surface area contributed by atoms with E-state index in [0.29, 0.717) is 38.3 Å². The number of alkyl halides is 2. The number of fused-ring (bicyclic) bond motifs is 1. The third kappa shape index (κ3) is 7.62. The number of aliphatic carboxylic acids is 1. The Labute approximate surface area is 252 Å². The Hall–Kier alpha value is -3.31. The first-order valence-electron chi connectivity index (χ1n) is 15.4. The van der Waals surface area contributed by atoms with Crippen molar-refractivity contribution in [1.29, 1.82) is 0 Å². The van der Waals surface area contributed by atoms with Crippen LogP contribution in [0.15, 0.2) is 36.4 Å². The second kappa shape index (κ2) is 13.1. The van der Waals surface area contributed by atoms with E-state index in [-0.39, 0.29) is 5.56 Å². The molecule has 0 bridgehead atoms. The number of likely N-dealkylation sites (tertiary alicyclic amines) is 1. The fraction of sp³-hybridized carbons (Fsp3) is 0.594. The number of benzene rings is 1. The monoisotopic (exact) mass is 599 g/mol. The number of hydrogen-bond donors (Lipinski definition) is 3. The molecule has 2 aromatic rings. The minimum absolute atomic E-state index is 0.0576. The number of amides is 1. The number of nitrogens with one attached hydrogen (secondary N) is 2. The van der Waals surface area contributed by atoms with Gasteiger partial charge in [-0.1, -0.05) is 18.2 Å². The van der Waals surface area contributed by atoms with E-state index >= 15 is 8.78 Å². The molecule has 5 rings (SSSR count). The molecule has 1 aromatic carbocycles. The molecule has 2 fully saturated rings. The highest BCUT2D eigenvalue weighted by molar-refractivity contribution is 5.82. The van der Waals surface area contributed by atoms with Crippen LogP contribution in [0.4, 0.5) is 20.3 Å². The summed E-state index contributed by atoms with van der Waals surface area (Å²) in [5.41, 5.74) is 2.61. The van der Waals surface area contributed by atoms with Crippen molar-refractivity contribution in [2.75, 3.05) is 56.1 Å². The molecule has 3 aliphatic rings. The summed E-state index contributed by atoms with van der Waals surface area (Å²) in [4.78, 5) is 34.1. The Bertz CT molecular complexity index is 1310. The molecule has 234 valence electrons. The average Bonchev–Trinajstić information content (AvgIpc) is 2.99. The second-order valence-corrected chi connectivity index (χ2v) is 12.6. The zero-order chi connectivity index (χ0) is 30.6. The van der Waals surface area contributed by atoms with E-state index in [1.807, 2.05) is 18.7 Å². The van der Waals surface area contributed by atoms with Gasteiger partial charge in [0.1, 0.15) is 11.9 Å². The molecule has 2 unspecified atom stereocenters. The van der Waals surface area contributed by atoms with Crippen molar-refractivity contribution >= 4 is 23.4 Å². The van der Waals surface area contributed by atoms with Crippen LogP contribution in [0.25, 0.3) is 0 Å². The Kier molecular flexibility index (Phi) is 9.51. The first-order chi connectivity index (χ1) is 20.5. The van der Waals surface area contributed by atoms with Crippen LogP contribution in [0, 0.1) is 5.92 Å². The van der Waals surface area contributed by atoms with E-state index in [2.05, 4.69) is 27.7 Å². The lowest BCUT2D eigenvalue weighted by atomic mass is 9.94. The maximum absolute atomic E-state index is 15.2. The van der Waals surface area contributed by atoms with Crippen LogP contribution < -0.4 is 15.5 Å². The van der Waals surface area contributed by atoms with E-state index in [0.717, 1.165) is 63.3 Å². The lowest BCUT2D eigenvalue weighted by Gasteiger charge is -2.39. The van der Waals surface area contributed by atoms with E-state index in [4.69, 9.17) is 9.72 Å². The normalized spacial score (nSPS) is 21.4. The Morgan fingerprint density at radius 2 is 2.07 bits per heavy atom. The summed E-state index contributed by atoms with van der Waals surface area (Å²) in [5, 5.41) is 15.2. The molecular formula is C32H43F2N5O4. The van der Waals surface area contributed by atoms with Gasteiger partial charge in [0.05, 0.1) is 18.1 Å². The average molecular weight is 600 g/mol. The number of anilines is 2. The van der Waals surface area contributed by atoms with Gasteiger partial charge < -0.3 is 30.3 Å². The van der Waals surface area contributed by atoms with Gasteiger partial charge in [0.15, 0.2) is 0 Å². The molecule has 3 N–H and O–H groups in total. The number of carboxylic acids is 1. The summed E-state index contributed by atoms with van der Waals surface area (Å²) in [7, 11) is 0. The summed E-state index contributed by atoms with van der Waals surface area (Å²) in [6, 6.07) is 8.67. The van der Waals surface area contributed by atoms with Crippen molar-refractivity contribution < 1.29 is 28.2 Å². The molecule has 0 radical (unpaired) electrons. The smallest absolute Gasteiger partial charge is 0.377 e. The number of carbonyl (C=O) groups excluding carboxylic acids is 1. The van der Waals surface area contributed by atoms with Crippen molar-refractivity contribution in [2.24, 2.45) is 5.92 Å². The molecule has 1 aromatic heterocycles. The Morgan fingerprint density at radius 3 is 2.86 bits per heavy atom. The lowest BCUT2D eigenvalue weighted by molar-refractivity contribution is -0.170. The first-order valence-corrected chi connectivity index (χ1v) is 15.4. The Balaban J connectivity index is 1.22. The number of halogens is 2. The topological polar surface area (TPSA) is 107 Å². The molecule has 2 atom stereocenters. The van der Waals surface area contributed by atoms with Gasteiger partial charge in [-0.2, -0.15) is 8.78 Å². The third-order valence-corrected chi connectivity index (χ3v) is 8.66. The molecule has 0 aliphatic carbocycles. The molecule has 9 nitrogen and oxygen atoms in total. The number of pyridine rings is 1. The van der Waals surface area contributed by atoms with Gasteiger partial charge in [0.2, 0.25) is 5.91 Å². The highest BCUT2D eigenvalue weighted by atomic mass is 19.3. The number of morpholine rings is 1. The third-order valence-electron chi connectivity index (χ3n) is 8.66. The number of nitrogens with zero attached hydrogens (tertiary/aromatic N) is 3. The van der Waals surface area contributed by atoms with Crippen molar-refractivity contribution in [3.05, 3.63) is 53.2 Å². The van der Waals surface area contributed by atoms with Crippen molar-refractivity contribution in [3.63, 3.8) is 0 Å². The number of piperidine rings is 1. The minimum Gasteiger partial charge on any atom is -0.477 e. The van der Waals surface area contributed by atoms with Crippen LogP contribution in [0.5, 0.6) is 0 Å². The number of aryl methyl sites for hydroxylation is 2. The number of carbonyl (C=O) groups is 2. The van der Waals surface area contributed by atoms with E-state index < -0.39 is 35.4 Å². The molecule has 11 heteroatoms. The predicted molar refractivity (Wildman–Crippen MR) is 161 cm³/mol. The van der Waals surface area contributed by atoms with E-state index in [1.165, 1.54) is 11.6 Å². The van der Waals surface area contributed by atoms with Gasteiger partial charge in [0.25, 0.3) is 0 Å². The predicted octanol–water partition coefficient (Wildman–Crippen LogP) is 4.28. The van der Waals surface area contributed by atoms with Gasteiger partial charge in [0, 0.05) is 37.6 Å². The number of ether oxygens (including phenoxy) is 1. The summed E-state index contributed by atoms with van der Waals surface area (Å²) in [6.45, 7) is 8.52. The van der Waals surface area contributed by atoms with Crippen molar-refractivity contribution in [1.82, 2.24) is 15.2 Å². The summed E-state index contributed by atoms with van der Waals surface area (Å²) < 4.78 is 36.1. The van der Waals surface area contributed by atoms with Crippen LogP contribution in [0.1, 0.15) is 62.4 Å². The van der Waals surface area contributed by atoms with Gasteiger partial charge in [-0.3, -0.25) is 4.79 Å². The van der Waals surface area contributed by atoms with Crippen LogP contribution >= 0.6 is 0 Å². The van der Waals surface area contributed by atoms with Gasteiger partial charge in [-0.15, -0.1) is 0 Å². The molecule has 43 heavy (non-hydrogen) atoms. The highest BCUT2D eigenvalue weighted by Crippen LogP contribution is 2.35. The molecule has 0 spiro atoms. The summed E-state index contributed by atoms with van der Waals surface area (Å²) >= 11 is 0. The maximum atomic E-state index is 15.2. The molecule has 1 amide bonds. The molecule has 2 saturated heterocycles.